The number of benzene rings is 2. The fourth-order valence-electron chi connectivity index (χ4n) is 1.89. The number of H-pyrrole nitrogens is 1. The molecular weight excluding hydrogens is 428 g/mol. The molecule has 2 aromatic carbocycles. The smallest absolute Gasteiger partial charge is 0.216 e. The first-order valence-corrected chi connectivity index (χ1v) is 8.37. The SMILES string of the molecule is S=c1[nH]nc(-c2ccccc2Br)n1/N=C/c1ccc(Br)cc1. The number of nitrogens with zero attached hydrogens (tertiary/aromatic N) is 3. The van der Waals surface area contributed by atoms with Crippen molar-refractivity contribution in [2.24, 2.45) is 5.10 Å². The topological polar surface area (TPSA) is 46.0 Å². The molecule has 110 valence electrons. The maximum absolute atomic E-state index is 5.26. The third kappa shape index (κ3) is 3.26. The van der Waals surface area contributed by atoms with Crippen molar-refractivity contribution in [1.29, 1.82) is 0 Å². The van der Waals surface area contributed by atoms with Crippen molar-refractivity contribution in [2.75, 3.05) is 0 Å². The summed E-state index contributed by atoms with van der Waals surface area (Å²) in [6.45, 7) is 0. The standard InChI is InChI=1S/C15H10Br2N4S/c16-11-7-5-10(6-8-11)9-18-21-14(19-20-15(21)22)12-3-1-2-4-13(12)17/h1-9H,(H,20,22)/b18-9+. The predicted octanol–water partition coefficient (Wildman–Crippen LogP) is 5.01. The fourth-order valence-corrected chi connectivity index (χ4v) is 2.79. The van der Waals surface area contributed by atoms with E-state index in [0.717, 1.165) is 20.1 Å². The Balaban J connectivity index is 2.02. The zero-order valence-corrected chi connectivity index (χ0v) is 15.2. The molecular formula is C15H10Br2N4S. The summed E-state index contributed by atoms with van der Waals surface area (Å²) >= 11 is 12.2. The quantitative estimate of drug-likeness (QED) is 0.462. The van der Waals surface area contributed by atoms with Crippen molar-refractivity contribution in [3.05, 3.63) is 67.8 Å². The van der Waals surface area contributed by atoms with E-state index < -0.39 is 0 Å². The Morgan fingerprint density at radius 1 is 1.09 bits per heavy atom. The first-order chi connectivity index (χ1) is 10.6. The van der Waals surface area contributed by atoms with Crippen LogP contribution >= 0.6 is 44.1 Å². The van der Waals surface area contributed by atoms with Crippen LogP contribution in [0.4, 0.5) is 0 Å². The Morgan fingerprint density at radius 2 is 1.82 bits per heavy atom. The number of nitrogens with one attached hydrogen (secondary N) is 1. The van der Waals surface area contributed by atoms with Gasteiger partial charge in [-0.3, -0.25) is 0 Å². The minimum atomic E-state index is 0.444. The summed E-state index contributed by atoms with van der Waals surface area (Å²) in [5, 5.41) is 11.5. The highest BCUT2D eigenvalue weighted by Crippen LogP contribution is 2.26. The lowest BCUT2D eigenvalue weighted by Gasteiger charge is -2.03. The van der Waals surface area contributed by atoms with E-state index >= 15 is 0 Å². The Hall–Kier alpha value is -1.57. The molecule has 0 aliphatic heterocycles. The highest BCUT2D eigenvalue weighted by molar-refractivity contribution is 9.10. The van der Waals surface area contributed by atoms with Crippen molar-refractivity contribution in [3.8, 4) is 11.4 Å². The molecule has 0 fully saturated rings. The Kier molecular flexibility index (Phi) is 4.66. The van der Waals surface area contributed by atoms with E-state index in [1.165, 1.54) is 0 Å². The Morgan fingerprint density at radius 3 is 2.55 bits per heavy atom. The summed E-state index contributed by atoms with van der Waals surface area (Å²) in [5.74, 6) is 0.658. The minimum absolute atomic E-state index is 0.444. The van der Waals surface area contributed by atoms with Gasteiger partial charge in [0.15, 0.2) is 5.82 Å². The maximum atomic E-state index is 5.26. The number of aromatic nitrogens is 3. The van der Waals surface area contributed by atoms with Crippen LogP contribution in [-0.4, -0.2) is 21.1 Å². The summed E-state index contributed by atoms with van der Waals surface area (Å²) in [4.78, 5) is 0. The second-order valence-electron chi connectivity index (χ2n) is 4.44. The van der Waals surface area contributed by atoms with Gasteiger partial charge in [0.2, 0.25) is 4.77 Å². The number of hydrogen-bond acceptors (Lipinski definition) is 3. The molecule has 3 rings (SSSR count). The molecule has 1 heterocycles. The van der Waals surface area contributed by atoms with E-state index in [0.29, 0.717) is 10.6 Å². The van der Waals surface area contributed by atoms with E-state index in [9.17, 15) is 0 Å². The van der Waals surface area contributed by atoms with Crippen LogP contribution in [0.25, 0.3) is 11.4 Å². The molecule has 0 aliphatic rings. The zero-order valence-electron chi connectivity index (χ0n) is 11.2. The fraction of sp³-hybridized carbons (Fsp3) is 0. The number of rotatable bonds is 3. The second kappa shape index (κ2) is 6.68. The molecule has 0 radical (unpaired) electrons. The normalized spacial score (nSPS) is 11.2. The van der Waals surface area contributed by atoms with Crippen molar-refractivity contribution >= 4 is 50.3 Å². The summed E-state index contributed by atoms with van der Waals surface area (Å²) in [6.07, 6.45) is 1.75. The summed E-state index contributed by atoms with van der Waals surface area (Å²) in [5.41, 5.74) is 1.90. The molecule has 0 atom stereocenters. The molecule has 0 aliphatic carbocycles. The molecule has 0 amide bonds. The highest BCUT2D eigenvalue weighted by atomic mass is 79.9. The molecule has 22 heavy (non-hydrogen) atoms. The van der Waals surface area contributed by atoms with Gasteiger partial charge in [0.25, 0.3) is 0 Å². The van der Waals surface area contributed by atoms with Gasteiger partial charge in [-0.15, -0.1) is 0 Å². The third-order valence-electron chi connectivity index (χ3n) is 2.96. The average Bonchev–Trinajstić information content (AvgIpc) is 2.88. The predicted molar refractivity (Wildman–Crippen MR) is 97.7 cm³/mol. The van der Waals surface area contributed by atoms with Crippen molar-refractivity contribution in [1.82, 2.24) is 14.9 Å². The van der Waals surface area contributed by atoms with Crippen molar-refractivity contribution in [3.63, 3.8) is 0 Å². The van der Waals surface area contributed by atoms with Crippen LogP contribution in [-0.2, 0) is 0 Å². The molecule has 4 nitrogen and oxygen atoms in total. The van der Waals surface area contributed by atoms with Crippen LogP contribution in [0.3, 0.4) is 0 Å². The van der Waals surface area contributed by atoms with Gasteiger partial charge in [0.05, 0.1) is 6.21 Å². The van der Waals surface area contributed by atoms with Gasteiger partial charge in [-0.1, -0.05) is 56.1 Å². The Labute approximate surface area is 149 Å². The molecule has 0 unspecified atom stereocenters. The molecule has 1 N–H and O–H groups in total. The lowest BCUT2D eigenvalue weighted by molar-refractivity contribution is 0.871. The van der Waals surface area contributed by atoms with Crippen molar-refractivity contribution in [2.45, 2.75) is 0 Å². The maximum Gasteiger partial charge on any atom is 0.216 e. The van der Waals surface area contributed by atoms with E-state index in [1.54, 1.807) is 10.9 Å². The lowest BCUT2D eigenvalue weighted by atomic mass is 10.2. The number of aromatic amines is 1. The van der Waals surface area contributed by atoms with Gasteiger partial charge in [-0.05, 0) is 42.0 Å². The van der Waals surface area contributed by atoms with Gasteiger partial charge in [0, 0.05) is 14.5 Å². The first kappa shape index (κ1) is 15.3. The van der Waals surface area contributed by atoms with E-state index in [4.69, 9.17) is 12.2 Å². The summed E-state index contributed by atoms with van der Waals surface area (Å²) < 4.78 is 4.01. The molecule has 7 heteroatoms. The minimum Gasteiger partial charge on any atom is -0.250 e. The van der Waals surface area contributed by atoms with Crippen LogP contribution in [0.1, 0.15) is 5.56 Å². The van der Waals surface area contributed by atoms with Crippen LogP contribution in [0.5, 0.6) is 0 Å². The summed E-state index contributed by atoms with van der Waals surface area (Å²) in [7, 11) is 0. The third-order valence-corrected chi connectivity index (χ3v) is 4.44. The highest BCUT2D eigenvalue weighted by Gasteiger charge is 2.10. The first-order valence-electron chi connectivity index (χ1n) is 6.37. The molecule has 0 saturated heterocycles. The summed E-state index contributed by atoms with van der Waals surface area (Å²) in [6, 6.07) is 15.7. The lowest BCUT2D eigenvalue weighted by Crippen LogP contribution is -1.95. The zero-order chi connectivity index (χ0) is 15.5. The van der Waals surface area contributed by atoms with Gasteiger partial charge in [-0.25, -0.2) is 5.10 Å². The van der Waals surface area contributed by atoms with E-state index in [-0.39, 0.29) is 0 Å². The number of halogens is 2. The molecule has 3 aromatic rings. The second-order valence-corrected chi connectivity index (χ2v) is 6.60. The number of hydrogen-bond donors (Lipinski definition) is 1. The molecule has 1 aromatic heterocycles. The Bertz CT molecular complexity index is 881. The monoisotopic (exact) mass is 436 g/mol. The van der Waals surface area contributed by atoms with Crippen LogP contribution < -0.4 is 0 Å². The van der Waals surface area contributed by atoms with Crippen LogP contribution in [0.15, 0.2) is 62.6 Å². The average molecular weight is 438 g/mol. The van der Waals surface area contributed by atoms with Crippen molar-refractivity contribution < 1.29 is 0 Å². The van der Waals surface area contributed by atoms with Crippen LogP contribution in [0, 0.1) is 4.77 Å². The van der Waals surface area contributed by atoms with Gasteiger partial charge in [-0.2, -0.15) is 14.9 Å². The van der Waals surface area contributed by atoms with E-state index in [2.05, 4.69) is 47.2 Å². The molecule has 0 spiro atoms. The van der Waals surface area contributed by atoms with Gasteiger partial charge < -0.3 is 0 Å². The van der Waals surface area contributed by atoms with Gasteiger partial charge >= 0.3 is 0 Å². The van der Waals surface area contributed by atoms with Gasteiger partial charge in [0.1, 0.15) is 0 Å². The largest absolute Gasteiger partial charge is 0.250 e. The van der Waals surface area contributed by atoms with Crippen LogP contribution in [0.2, 0.25) is 0 Å². The van der Waals surface area contributed by atoms with E-state index in [1.807, 2.05) is 48.5 Å². The molecule has 0 saturated carbocycles. The molecule has 0 bridgehead atoms.